The number of thiazole rings is 1. The number of hydrogen-bond acceptors (Lipinski definition) is 8. The summed E-state index contributed by atoms with van der Waals surface area (Å²) >= 11 is 1.47. The minimum Gasteiger partial charge on any atom is -0.352 e. The van der Waals surface area contributed by atoms with Gasteiger partial charge in [0.25, 0.3) is 0 Å². The first kappa shape index (κ1) is 17.9. The molecule has 0 bridgehead atoms. The van der Waals surface area contributed by atoms with Crippen LogP contribution in [0.2, 0.25) is 0 Å². The Morgan fingerprint density at radius 2 is 2.11 bits per heavy atom. The van der Waals surface area contributed by atoms with Gasteiger partial charge in [-0.2, -0.15) is 0 Å². The van der Waals surface area contributed by atoms with Gasteiger partial charge < -0.3 is 11.1 Å². The zero-order chi connectivity index (χ0) is 18.9. The monoisotopic (exact) mass is 385 g/mol. The van der Waals surface area contributed by atoms with Gasteiger partial charge in [-0.25, -0.2) is 14.4 Å². The molecule has 9 heteroatoms. The fourth-order valence-electron chi connectivity index (χ4n) is 3.69. The first-order chi connectivity index (χ1) is 13.1. The molecule has 0 unspecified atom stereocenters. The smallest absolute Gasteiger partial charge is 0.242 e. The van der Waals surface area contributed by atoms with Crippen LogP contribution < -0.4 is 11.1 Å². The van der Waals surface area contributed by atoms with Crippen LogP contribution in [0.1, 0.15) is 30.3 Å². The van der Waals surface area contributed by atoms with E-state index < -0.39 is 0 Å². The molecule has 27 heavy (non-hydrogen) atoms. The normalized spacial score (nSPS) is 21.7. The van der Waals surface area contributed by atoms with Crippen molar-refractivity contribution >= 4 is 17.3 Å². The number of rotatable bonds is 6. The number of nitrogens with zero attached hydrogens (tertiary/aromatic N) is 5. The van der Waals surface area contributed by atoms with Crippen molar-refractivity contribution in [2.45, 2.75) is 31.7 Å². The van der Waals surface area contributed by atoms with E-state index in [1.165, 1.54) is 17.4 Å². The molecule has 3 N–H and O–H groups in total. The van der Waals surface area contributed by atoms with E-state index in [0.717, 1.165) is 22.7 Å². The van der Waals surface area contributed by atoms with Gasteiger partial charge in [0.2, 0.25) is 5.95 Å². The van der Waals surface area contributed by atoms with Crippen LogP contribution in [0, 0.1) is 11.7 Å². The Morgan fingerprint density at radius 3 is 2.74 bits per heavy atom. The van der Waals surface area contributed by atoms with Crippen molar-refractivity contribution in [2.24, 2.45) is 11.7 Å². The molecule has 3 aromatic rings. The zero-order valence-electron chi connectivity index (χ0n) is 14.9. The van der Waals surface area contributed by atoms with Gasteiger partial charge in [-0.15, -0.1) is 21.5 Å². The summed E-state index contributed by atoms with van der Waals surface area (Å²) in [7, 11) is 0. The molecule has 4 rings (SSSR count). The summed E-state index contributed by atoms with van der Waals surface area (Å²) in [4.78, 5) is 13.9. The second kappa shape index (κ2) is 7.24. The summed E-state index contributed by atoms with van der Waals surface area (Å²) in [6.07, 6.45) is 6.75. The third-order valence-corrected chi connectivity index (χ3v) is 5.90. The lowest BCUT2D eigenvalue weighted by Gasteiger charge is -2.46. The first-order valence-electron chi connectivity index (χ1n) is 8.79. The number of nitrogens with two attached hydrogens (primary N) is 1. The largest absolute Gasteiger partial charge is 0.352 e. The number of pyridine rings is 1. The molecule has 1 aliphatic carbocycles. The number of anilines is 1. The summed E-state index contributed by atoms with van der Waals surface area (Å²) in [5.74, 6) is 0.681. The molecule has 140 valence electrons. The Bertz CT molecular complexity index is 921. The molecule has 3 aromatic heterocycles. The molecular formula is C18H20FN7S. The lowest BCUT2D eigenvalue weighted by molar-refractivity contribution is 0.159. The molecule has 1 saturated carbocycles. The first-order valence-corrected chi connectivity index (χ1v) is 9.61. The molecule has 0 aliphatic heterocycles. The predicted octanol–water partition coefficient (Wildman–Crippen LogP) is 2.77. The van der Waals surface area contributed by atoms with Gasteiger partial charge in [-0.1, -0.05) is 6.92 Å². The number of aromatic nitrogens is 5. The molecule has 0 amide bonds. The van der Waals surface area contributed by atoms with Crippen LogP contribution in [0.25, 0.3) is 10.7 Å². The molecule has 0 aromatic carbocycles. The Balaban J connectivity index is 1.48. The molecular weight excluding hydrogens is 365 g/mol. The Labute approximate surface area is 160 Å². The predicted molar refractivity (Wildman–Crippen MR) is 102 cm³/mol. The van der Waals surface area contributed by atoms with Crippen molar-refractivity contribution in [3.05, 3.63) is 47.1 Å². The zero-order valence-corrected chi connectivity index (χ0v) is 15.7. The van der Waals surface area contributed by atoms with Crippen LogP contribution in [0.3, 0.4) is 0 Å². The van der Waals surface area contributed by atoms with E-state index in [2.05, 4.69) is 37.4 Å². The summed E-state index contributed by atoms with van der Waals surface area (Å²) in [5, 5.41) is 12.3. The van der Waals surface area contributed by atoms with E-state index in [1.807, 2.05) is 0 Å². The van der Waals surface area contributed by atoms with Crippen molar-refractivity contribution in [2.75, 3.05) is 11.9 Å². The highest BCUT2D eigenvalue weighted by Gasteiger charge is 2.46. The van der Waals surface area contributed by atoms with E-state index >= 15 is 0 Å². The molecule has 0 radical (unpaired) electrons. The van der Waals surface area contributed by atoms with Crippen molar-refractivity contribution in [1.29, 1.82) is 0 Å². The van der Waals surface area contributed by atoms with Crippen LogP contribution >= 0.6 is 11.3 Å². The molecule has 1 fully saturated rings. The lowest BCUT2D eigenvalue weighted by Crippen LogP contribution is -2.47. The average Bonchev–Trinajstić information content (AvgIpc) is 3.14. The van der Waals surface area contributed by atoms with Gasteiger partial charge in [-0.3, -0.25) is 4.98 Å². The van der Waals surface area contributed by atoms with Crippen LogP contribution in [0.15, 0.2) is 30.7 Å². The maximum atomic E-state index is 14.3. The van der Waals surface area contributed by atoms with Crippen molar-refractivity contribution in [3.63, 3.8) is 0 Å². The van der Waals surface area contributed by atoms with Gasteiger partial charge in [0, 0.05) is 35.8 Å². The summed E-state index contributed by atoms with van der Waals surface area (Å²) < 4.78 is 14.3. The SMILES string of the molecule is C[C@H]1C[C@](CNc2ncc(-c3ncc(CN)s3)nn2)(c2ncccc2F)C1. The summed E-state index contributed by atoms with van der Waals surface area (Å²) in [6, 6.07) is 3.08. The fourth-order valence-corrected chi connectivity index (χ4v) is 4.43. The Morgan fingerprint density at radius 1 is 1.26 bits per heavy atom. The van der Waals surface area contributed by atoms with Gasteiger partial charge in [0.05, 0.1) is 11.9 Å². The molecule has 0 saturated heterocycles. The highest BCUT2D eigenvalue weighted by atomic mass is 32.1. The number of hydrogen-bond donors (Lipinski definition) is 2. The number of halogens is 1. The maximum Gasteiger partial charge on any atom is 0.242 e. The minimum atomic E-state index is -0.335. The van der Waals surface area contributed by atoms with E-state index in [-0.39, 0.29) is 11.2 Å². The topological polar surface area (TPSA) is 102 Å². The van der Waals surface area contributed by atoms with Gasteiger partial charge in [0.15, 0.2) is 0 Å². The second-order valence-corrected chi connectivity index (χ2v) is 8.10. The van der Waals surface area contributed by atoms with Gasteiger partial charge in [0.1, 0.15) is 16.5 Å². The van der Waals surface area contributed by atoms with Crippen molar-refractivity contribution in [1.82, 2.24) is 25.1 Å². The van der Waals surface area contributed by atoms with E-state index in [1.54, 1.807) is 24.7 Å². The van der Waals surface area contributed by atoms with E-state index in [4.69, 9.17) is 5.73 Å². The summed E-state index contributed by atoms with van der Waals surface area (Å²) in [6.45, 7) is 3.12. The molecule has 0 atom stereocenters. The summed E-state index contributed by atoms with van der Waals surface area (Å²) in [5.41, 5.74) is 6.39. The maximum absolute atomic E-state index is 14.3. The lowest BCUT2D eigenvalue weighted by atomic mass is 9.60. The van der Waals surface area contributed by atoms with Gasteiger partial charge >= 0.3 is 0 Å². The Kier molecular flexibility index (Phi) is 4.79. The molecule has 7 nitrogen and oxygen atoms in total. The fraction of sp³-hybridized carbons (Fsp3) is 0.389. The van der Waals surface area contributed by atoms with Crippen LogP contribution in [-0.2, 0) is 12.0 Å². The highest BCUT2D eigenvalue weighted by molar-refractivity contribution is 7.14. The Hall–Kier alpha value is -2.52. The van der Waals surface area contributed by atoms with Crippen LogP contribution in [-0.4, -0.2) is 31.7 Å². The van der Waals surface area contributed by atoms with Crippen LogP contribution in [0.4, 0.5) is 10.3 Å². The second-order valence-electron chi connectivity index (χ2n) is 6.98. The molecule has 0 spiro atoms. The standard InChI is InChI=1S/C18H20FN7S/c1-11-5-18(6-11,15-13(19)3-2-4-21-15)10-24-17-23-9-14(25-26-17)16-22-8-12(7-20)27-16/h2-4,8-9,11H,5-7,10,20H2,1H3,(H,23,24,26)/t11-,18-. The third kappa shape index (κ3) is 3.52. The molecule has 1 aliphatic rings. The van der Waals surface area contributed by atoms with Crippen LogP contribution in [0.5, 0.6) is 0 Å². The van der Waals surface area contributed by atoms with Crippen molar-refractivity contribution in [3.8, 4) is 10.7 Å². The molecule has 3 heterocycles. The van der Waals surface area contributed by atoms with Gasteiger partial charge in [-0.05, 0) is 30.9 Å². The van der Waals surface area contributed by atoms with Crippen molar-refractivity contribution < 1.29 is 4.39 Å². The highest BCUT2D eigenvalue weighted by Crippen LogP contribution is 2.47. The third-order valence-electron chi connectivity index (χ3n) is 4.86. The average molecular weight is 385 g/mol. The number of nitrogens with one attached hydrogen (secondary N) is 1. The quantitative estimate of drug-likeness (QED) is 0.672. The minimum absolute atomic E-state index is 0.264. The van der Waals surface area contributed by atoms with E-state index in [0.29, 0.717) is 36.3 Å². The van der Waals surface area contributed by atoms with E-state index in [9.17, 15) is 4.39 Å².